The molecule has 6 rings (SSSR count). The number of anilines is 2. The molecular weight excluding hydrogens is 550 g/mol. The van der Waals surface area contributed by atoms with E-state index in [4.69, 9.17) is 14.7 Å². The van der Waals surface area contributed by atoms with Gasteiger partial charge in [-0.15, -0.1) is 0 Å². The highest BCUT2D eigenvalue weighted by atomic mass is 16.5. The first-order chi connectivity index (χ1) is 21.4. The number of carbonyl (C=O) groups excluding carboxylic acids is 1. The Bertz CT molecular complexity index is 1570. The highest BCUT2D eigenvalue weighted by molar-refractivity contribution is 5.97. The number of piperazine rings is 1. The zero-order valence-electron chi connectivity index (χ0n) is 26.2. The van der Waals surface area contributed by atoms with Crippen LogP contribution in [0.5, 0.6) is 6.01 Å². The van der Waals surface area contributed by atoms with Crippen LogP contribution >= 0.6 is 0 Å². The van der Waals surface area contributed by atoms with Crippen LogP contribution in [-0.4, -0.2) is 84.1 Å². The summed E-state index contributed by atoms with van der Waals surface area (Å²) < 4.78 is 6.33. The lowest BCUT2D eigenvalue weighted by Gasteiger charge is -2.42. The molecule has 0 spiro atoms. The van der Waals surface area contributed by atoms with Crippen molar-refractivity contribution in [2.45, 2.75) is 58.2 Å². The molecule has 1 aliphatic carbocycles. The van der Waals surface area contributed by atoms with Gasteiger partial charge in [-0.05, 0) is 69.2 Å². The second kappa shape index (κ2) is 12.8. The molecule has 0 radical (unpaired) electrons. The van der Waals surface area contributed by atoms with Crippen LogP contribution in [0, 0.1) is 24.2 Å². The van der Waals surface area contributed by atoms with Gasteiger partial charge in [-0.3, -0.25) is 4.79 Å². The molecule has 1 amide bonds. The van der Waals surface area contributed by atoms with Crippen molar-refractivity contribution in [3.8, 4) is 12.1 Å². The fraction of sp³-hybridized carbons (Fsp3) is 0.486. The van der Waals surface area contributed by atoms with Crippen LogP contribution in [0.15, 0.2) is 49.1 Å². The van der Waals surface area contributed by atoms with Gasteiger partial charge in [0.15, 0.2) is 0 Å². The summed E-state index contributed by atoms with van der Waals surface area (Å²) in [5, 5.41) is 12.1. The summed E-state index contributed by atoms with van der Waals surface area (Å²) in [4.78, 5) is 31.4. The fourth-order valence-corrected chi connectivity index (χ4v) is 6.63. The number of amides is 1. The summed E-state index contributed by atoms with van der Waals surface area (Å²) in [5.74, 6) is 1.54. The predicted octanol–water partition coefficient (Wildman–Crippen LogP) is 4.73. The molecule has 3 aromatic rings. The average Bonchev–Trinajstić information content (AvgIpc) is 3.86. The number of likely N-dealkylation sites (N-methyl/N-ethyl adjacent to an activating group) is 1. The first kappa shape index (κ1) is 29.9. The van der Waals surface area contributed by atoms with Gasteiger partial charge >= 0.3 is 6.01 Å². The summed E-state index contributed by atoms with van der Waals surface area (Å²) in [7, 11) is 2.16. The smallest absolute Gasteiger partial charge is 0.318 e. The lowest BCUT2D eigenvalue weighted by atomic mass is 9.99. The molecule has 2 aliphatic heterocycles. The second-order valence-electron chi connectivity index (χ2n) is 12.6. The predicted molar refractivity (Wildman–Crippen MR) is 174 cm³/mol. The van der Waals surface area contributed by atoms with Crippen molar-refractivity contribution < 1.29 is 9.53 Å². The van der Waals surface area contributed by atoms with Crippen LogP contribution in [0.4, 0.5) is 11.5 Å². The summed E-state index contributed by atoms with van der Waals surface area (Å²) in [6.07, 6.45) is 5.03. The summed E-state index contributed by atoms with van der Waals surface area (Å²) in [6.45, 7) is 12.8. The maximum Gasteiger partial charge on any atom is 0.318 e. The van der Waals surface area contributed by atoms with Crippen LogP contribution in [0.3, 0.4) is 0 Å². The normalized spacial score (nSPS) is 19.1. The molecular formula is C35H43N7O2. The van der Waals surface area contributed by atoms with Gasteiger partial charge < -0.3 is 24.3 Å². The Labute approximate surface area is 260 Å². The largest absolute Gasteiger partial charge is 0.462 e. The molecule has 1 saturated heterocycles. The van der Waals surface area contributed by atoms with E-state index in [2.05, 4.69) is 84.6 Å². The first-order valence-electron chi connectivity index (χ1n) is 15.9. The number of hydrogen-bond donors (Lipinski definition) is 0. The van der Waals surface area contributed by atoms with Crippen LogP contribution in [0.25, 0.3) is 10.8 Å². The highest BCUT2D eigenvalue weighted by Crippen LogP contribution is 2.36. The third-order valence-electron chi connectivity index (χ3n) is 9.47. The summed E-state index contributed by atoms with van der Waals surface area (Å²) in [5.41, 5.74) is 4.58. The molecule has 1 aromatic heterocycles. The third-order valence-corrected chi connectivity index (χ3v) is 9.47. The third kappa shape index (κ3) is 6.22. The standard InChI is InChI=1S/C35H43N7O2/c1-5-32(43)42-19-18-41(21-28(42)14-16-36)34-29-15-17-40(31-11-7-10-27-9-6-8-24(2)33(27)31)22-30(29)37-35(38-34)44-23-25(3)39(4)20-26-12-13-26/h5-11,25-26,28H,1,12-15,17-23H2,2-4H3/t25-,28?/m1/s1. The van der Waals surface area contributed by atoms with Crippen molar-refractivity contribution in [3.63, 3.8) is 0 Å². The van der Waals surface area contributed by atoms with Gasteiger partial charge in [0.25, 0.3) is 0 Å². The maximum atomic E-state index is 12.6. The molecule has 3 aliphatic rings. The topological polar surface area (TPSA) is 88.8 Å². The molecule has 9 heteroatoms. The van der Waals surface area contributed by atoms with E-state index in [1.165, 1.54) is 40.9 Å². The van der Waals surface area contributed by atoms with Gasteiger partial charge in [-0.2, -0.15) is 15.2 Å². The molecule has 9 nitrogen and oxygen atoms in total. The number of aromatic nitrogens is 2. The monoisotopic (exact) mass is 593 g/mol. The van der Waals surface area contributed by atoms with Crippen LogP contribution in [0.2, 0.25) is 0 Å². The molecule has 2 atom stereocenters. The lowest BCUT2D eigenvalue weighted by molar-refractivity contribution is -0.128. The van der Waals surface area contributed by atoms with Crippen molar-refractivity contribution >= 4 is 28.2 Å². The van der Waals surface area contributed by atoms with Gasteiger partial charge in [0, 0.05) is 55.4 Å². The van der Waals surface area contributed by atoms with Gasteiger partial charge in [0.05, 0.1) is 30.8 Å². The Morgan fingerprint density at radius 3 is 2.73 bits per heavy atom. The quantitative estimate of drug-likeness (QED) is 0.312. The molecule has 0 N–H and O–H groups in total. The molecule has 2 aromatic carbocycles. The number of benzene rings is 2. The minimum atomic E-state index is -0.232. The summed E-state index contributed by atoms with van der Waals surface area (Å²) >= 11 is 0. The number of nitriles is 1. The molecule has 230 valence electrons. The van der Waals surface area contributed by atoms with E-state index >= 15 is 0 Å². The van der Waals surface area contributed by atoms with Gasteiger partial charge in [-0.25, -0.2) is 0 Å². The molecule has 1 unspecified atom stereocenters. The number of fused-ring (bicyclic) bond motifs is 2. The van der Waals surface area contributed by atoms with Crippen LogP contribution in [0.1, 0.15) is 43.0 Å². The molecule has 1 saturated carbocycles. The number of ether oxygens (including phenoxy) is 1. The van der Waals surface area contributed by atoms with E-state index < -0.39 is 0 Å². The highest BCUT2D eigenvalue weighted by Gasteiger charge is 2.33. The molecule has 44 heavy (non-hydrogen) atoms. The minimum absolute atomic E-state index is 0.135. The van der Waals surface area contributed by atoms with Crippen molar-refractivity contribution in [1.82, 2.24) is 19.8 Å². The van der Waals surface area contributed by atoms with Crippen molar-refractivity contribution in [2.24, 2.45) is 5.92 Å². The SMILES string of the molecule is C=CC(=O)N1CCN(c2nc(OC[C@@H](C)N(C)CC3CC3)nc3c2CCN(c2cccc4cccc(C)c24)C3)CC1CC#N. The van der Waals surface area contributed by atoms with E-state index in [1.54, 1.807) is 4.90 Å². The van der Waals surface area contributed by atoms with Crippen LogP contribution < -0.4 is 14.5 Å². The number of aryl methyl sites for hydroxylation is 1. The first-order valence-corrected chi connectivity index (χ1v) is 15.9. The zero-order valence-corrected chi connectivity index (χ0v) is 26.2. The number of rotatable bonds is 10. The van der Waals surface area contributed by atoms with Gasteiger partial charge in [-0.1, -0.05) is 36.9 Å². The zero-order chi connectivity index (χ0) is 30.8. The molecule has 2 fully saturated rings. The van der Waals surface area contributed by atoms with Gasteiger partial charge in [0.1, 0.15) is 12.4 Å². The van der Waals surface area contributed by atoms with Crippen molar-refractivity contribution in [2.75, 3.05) is 56.2 Å². The van der Waals surface area contributed by atoms with E-state index in [-0.39, 0.29) is 24.4 Å². The minimum Gasteiger partial charge on any atom is -0.462 e. The Hall–Kier alpha value is -4.16. The van der Waals surface area contributed by atoms with E-state index in [9.17, 15) is 10.1 Å². The lowest BCUT2D eigenvalue weighted by Crippen LogP contribution is -2.55. The van der Waals surface area contributed by atoms with Crippen molar-refractivity contribution in [3.05, 3.63) is 65.9 Å². The summed E-state index contributed by atoms with van der Waals surface area (Å²) in [6, 6.07) is 15.6. The maximum absolute atomic E-state index is 12.6. The second-order valence-corrected chi connectivity index (χ2v) is 12.6. The van der Waals surface area contributed by atoms with E-state index in [0.717, 1.165) is 42.5 Å². The number of carbonyl (C=O) groups is 1. The van der Waals surface area contributed by atoms with E-state index in [1.807, 2.05) is 0 Å². The van der Waals surface area contributed by atoms with Crippen LogP contribution in [-0.2, 0) is 17.8 Å². The van der Waals surface area contributed by atoms with E-state index in [0.29, 0.717) is 38.8 Å². The number of hydrogen-bond acceptors (Lipinski definition) is 8. The Morgan fingerprint density at radius 2 is 1.98 bits per heavy atom. The Morgan fingerprint density at radius 1 is 1.18 bits per heavy atom. The van der Waals surface area contributed by atoms with Crippen molar-refractivity contribution in [1.29, 1.82) is 5.26 Å². The van der Waals surface area contributed by atoms with Gasteiger partial charge in [0.2, 0.25) is 5.91 Å². The average molecular weight is 594 g/mol. The molecule has 3 heterocycles. The fourth-order valence-electron chi connectivity index (χ4n) is 6.63. The molecule has 0 bridgehead atoms. The Balaban J connectivity index is 1.31. The Kier molecular flexibility index (Phi) is 8.72. The number of nitrogens with zero attached hydrogens (tertiary/aromatic N) is 7.